The molecule has 22 aromatic rings. The summed E-state index contributed by atoms with van der Waals surface area (Å²) < 4.78 is 0. The minimum Gasteiger partial charge on any atom is -0.208 e. The van der Waals surface area contributed by atoms with E-state index in [2.05, 4.69) is 385 Å². The van der Waals surface area contributed by atoms with Crippen LogP contribution in [-0.4, -0.2) is 44.9 Å². The highest BCUT2D eigenvalue weighted by molar-refractivity contribution is 6.06. The van der Waals surface area contributed by atoms with Gasteiger partial charge in [-0.25, -0.2) is 44.9 Å². The molecule has 0 fully saturated rings. The lowest BCUT2D eigenvalue weighted by molar-refractivity contribution is 0.666. The van der Waals surface area contributed by atoms with Crippen molar-refractivity contribution in [3.8, 4) is 147 Å². The maximum atomic E-state index is 5.18. The molecule has 25 rings (SSSR count). The van der Waals surface area contributed by atoms with Crippen molar-refractivity contribution in [3.05, 3.63) is 511 Å². The van der Waals surface area contributed by atoms with Gasteiger partial charge in [0.25, 0.3) is 0 Å². The maximum absolute atomic E-state index is 5.18. The van der Waals surface area contributed by atoms with Gasteiger partial charge in [-0.15, -0.1) is 0 Å². The van der Waals surface area contributed by atoms with Gasteiger partial charge in [0.2, 0.25) is 0 Å². The van der Waals surface area contributed by atoms with Gasteiger partial charge in [-0.3, -0.25) is 0 Å². The fourth-order valence-corrected chi connectivity index (χ4v) is 20.7. The van der Waals surface area contributed by atoms with E-state index in [1.165, 1.54) is 116 Å². The van der Waals surface area contributed by atoms with Crippen molar-refractivity contribution < 1.29 is 0 Å². The fraction of sp³-hybridized carbons (Fsp3) is 0.0488. The van der Waals surface area contributed by atoms with E-state index >= 15 is 0 Å². The first-order valence-electron chi connectivity index (χ1n) is 45.0. The third-order valence-corrected chi connectivity index (χ3v) is 26.7. The van der Waals surface area contributed by atoms with Gasteiger partial charge < -0.3 is 0 Å². The van der Waals surface area contributed by atoms with Gasteiger partial charge >= 0.3 is 0 Å². The van der Waals surface area contributed by atoms with Crippen molar-refractivity contribution in [3.63, 3.8) is 0 Å². The molecule has 132 heavy (non-hydrogen) atoms. The summed E-state index contributed by atoms with van der Waals surface area (Å²) in [4.78, 5) is 45.7. The predicted octanol–water partition coefficient (Wildman–Crippen LogP) is 29.7. The van der Waals surface area contributed by atoms with Crippen molar-refractivity contribution in [1.82, 2.24) is 44.9 Å². The zero-order valence-corrected chi connectivity index (χ0v) is 72.9. The molecule has 9 nitrogen and oxygen atoms in total. The van der Waals surface area contributed by atoms with Crippen LogP contribution in [0.3, 0.4) is 0 Å². The Morgan fingerprint density at radius 3 is 0.788 bits per heavy atom. The lowest BCUT2D eigenvalue weighted by Crippen LogP contribution is -2.28. The largest absolute Gasteiger partial charge is 0.208 e. The third-order valence-electron chi connectivity index (χ3n) is 26.7. The molecule has 1 unspecified atom stereocenters. The first-order chi connectivity index (χ1) is 65.1. The molecule has 0 amide bonds. The summed E-state index contributed by atoms with van der Waals surface area (Å²) in [7, 11) is 0. The van der Waals surface area contributed by atoms with Crippen LogP contribution < -0.4 is 0 Å². The van der Waals surface area contributed by atoms with Crippen LogP contribution in [0.2, 0.25) is 0 Å². The molecule has 622 valence electrons. The highest BCUT2D eigenvalue weighted by atomic mass is 15.1. The average Bonchev–Trinajstić information content (AvgIpc) is 1.52. The number of fused-ring (bicyclic) bond motifs is 15. The first-order valence-corrected chi connectivity index (χ1v) is 45.0. The topological polar surface area (TPSA) is 116 Å². The van der Waals surface area contributed by atoms with Crippen LogP contribution in [0.15, 0.2) is 461 Å². The van der Waals surface area contributed by atoms with E-state index in [-0.39, 0.29) is 10.8 Å². The Balaban J connectivity index is 0.000000113. The molecule has 1 atom stereocenters. The van der Waals surface area contributed by atoms with E-state index in [1.807, 2.05) is 97.1 Å². The fourth-order valence-electron chi connectivity index (χ4n) is 20.7. The molecular weight excluding hydrogens is 1600 g/mol. The Labute approximate surface area is 767 Å². The van der Waals surface area contributed by atoms with Gasteiger partial charge in [0.1, 0.15) is 0 Å². The van der Waals surface area contributed by atoms with Crippen LogP contribution in [0.1, 0.15) is 70.8 Å². The summed E-state index contributed by atoms with van der Waals surface area (Å²) in [6, 6.07) is 162. The van der Waals surface area contributed by atoms with E-state index in [1.54, 1.807) is 0 Å². The van der Waals surface area contributed by atoms with Crippen LogP contribution in [-0.2, 0) is 16.2 Å². The van der Waals surface area contributed by atoms with Gasteiger partial charge in [0, 0.05) is 60.9 Å². The van der Waals surface area contributed by atoms with Gasteiger partial charge in [-0.05, 0) is 134 Å². The second-order valence-corrected chi connectivity index (χ2v) is 34.6. The summed E-state index contributed by atoms with van der Waals surface area (Å²) in [5.74, 6) is 5.99. The Hall–Kier alpha value is -17.0. The molecule has 3 aliphatic carbocycles. The van der Waals surface area contributed by atoms with E-state index in [4.69, 9.17) is 44.9 Å². The van der Waals surface area contributed by atoms with E-state index in [0.29, 0.717) is 52.4 Å². The molecule has 0 radical (unpaired) electrons. The van der Waals surface area contributed by atoms with Gasteiger partial charge in [0.15, 0.2) is 52.4 Å². The van der Waals surface area contributed by atoms with Crippen molar-refractivity contribution in [2.45, 2.75) is 37.0 Å². The lowest BCUT2D eigenvalue weighted by Gasteiger charge is -2.34. The average molecular weight is 1690 g/mol. The molecule has 0 bridgehead atoms. The second-order valence-electron chi connectivity index (χ2n) is 34.6. The molecule has 19 aromatic carbocycles. The molecule has 0 N–H and O–H groups in total. The number of benzene rings is 19. The number of hydrogen-bond acceptors (Lipinski definition) is 9. The minimum atomic E-state index is -0.554. The van der Waals surface area contributed by atoms with Crippen LogP contribution in [0.5, 0.6) is 0 Å². The molecule has 3 aliphatic rings. The summed E-state index contributed by atoms with van der Waals surface area (Å²) in [6.07, 6.45) is 0. The minimum absolute atomic E-state index is 0.160. The smallest absolute Gasteiger partial charge is 0.164 e. The quantitative estimate of drug-likeness (QED) is 0.111. The van der Waals surface area contributed by atoms with Crippen LogP contribution >= 0.6 is 0 Å². The highest BCUT2D eigenvalue weighted by Gasteiger charge is 2.49. The molecule has 3 heterocycles. The Morgan fingerprint density at radius 1 is 0.159 bits per heavy atom. The Morgan fingerprint density at radius 2 is 0.409 bits per heavy atom. The molecule has 0 saturated carbocycles. The van der Waals surface area contributed by atoms with Crippen LogP contribution in [0, 0.1) is 0 Å². The highest BCUT2D eigenvalue weighted by Crippen LogP contribution is 2.62. The zero-order chi connectivity index (χ0) is 88.3. The number of aromatic nitrogens is 9. The SMILES string of the molecule is CC1(C)c2cccc(-c3nc(-c4ccccc4)nc(-c4ccc(-c5ccccc5)cc4)n3)c2-c2ccc3ccccc3c21.CC1(c2ccccc2)c2cccc(-c3nc(-c4ccccc4)nc(-c4ccccc4)n3)c2-c2ccc3ccccc3c21.c1ccc(-c2nc(-c3ccccc3)nc(-c3cccc4c3-c3ccc5ccccc5c3C4(c3ccccc3)c3ccccc3)n2)cc1. The predicted molar refractivity (Wildman–Crippen MR) is 539 cm³/mol. The van der Waals surface area contributed by atoms with Gasteiger partial charge in [-0.1, -0.05) is 475 Å². The van der Waals surface area contributed by atoms with E-state index in [0.717, 1.165) is 61.2 Å². The van der Waals surface area contributed by atoms with E-state index < -0.39 is 5.41 Å². The number of rotatable bonds is 13. The monoisotopic (exact) mass is 1690 g/mol. The third kappa shape index (κ3) is 13.8. The summed E-state index contributed by atoms with van der Waals surface area (Å²) in [5, 5.41) is 7.53. The van der Waals surface area contributed by atoms with Crippen LogP contribution in [0.4, 0.5) is 0 Å². The molecule has 0 saturated heterocycles. The first kappa shape index (κ1) is 79.6. The Bertz CT molecular complexity index is 7970. The Kier molecular flexibility index (Phi) is 20.1. The molecule has 9 heteroatoms. The normalized spacial score (nSPS) is 13.7. The summed E-state index contributed by atoms with van der Waals surface area (Å²) >= 11 is 0. The van der Waals surface area contributed by atoms with E-state index in [9.17, 15) is 0 Å². The molecule has 0 spiro atoms. The summed E-state index contributed by atoms with van der Waals surface area (Å²) in [5.41, 5.74) is 28.8. The number of nitrogens with zero attached hydrogens (tertiary/aromatic N) is 9. The zero-order valence-electron chi connectivity index (χ0n) is 72.9. The van der Waals surface area contributed by atoms with Gasteiger partial charge in [0.05, 0.1) is 5.41 Å². The lowest BCUT2D eigenvalue weighted by atomic mass is 9.66. The van der Waals surface area contributed by atoms with Crippen molar-refractivity contribution in [2.75, 3.05) is 0 Å². The molecule has 3 aromatic heterocycles. The van der Waals surface area contributed by atoms with Crippen molar-refractivity contribution in [1.29, 1.82) is 0 Å². The second kappa shape index (κ2) is 33.3. The molecule has 0 aliphatic heterocycles. The van der Waals surface area contributed by atoms with Crippen molar-refractivity contribution in [2.24, 2.45) is 0 Å². The van der Waals surface area contributed by atoms with Crippen LogP contribution in [0.25, 0.3) is 179 Å². The number of hydrogen-bond donors (Lipinski definition) is 0. The van der Waals surface area contributed by atoms with Crippen molar-refractivity contribution >= 4 is 32.3 Å². The van der Waals surface area contributed by atoms with Gasteiger partial charge in [-0.2, -0.15) is 0 Å². The maximum Gasteiger partial charge on any atom is 0.164 e. The molecular formula is C123H85N9. The summed E-state index contributed by atoms with van der Waals surface area (Å²) in [6.45, 7) is 7.02. The standard InChI is InChI=1S/C44H29N3.C40H29N3.C39H27N3/c1-5-17-31(18-6-1)41-45-42(32-19-7-2-8-20-32)47-43(46-41)37-26-15-27-38-39(37)36-29-28-30-16-13-14-25-35(30)40(36)44(38,33-21-9-3-10-22-33)34-23-11-4-12-24-34;1-40(2)34-19-11-18-33(35(34)32-25-24-28-14-9-10-17-31(28)36(32)40)39-42-37(29-15-7-4-8-16-29)41-38(43-39)30-22-20-27(21-23-30)26-12-5-3-6-13-26;1-39(29-19-9-4-10-20-29)33-23-13-22-32(34(33)31-25-24-26-14-11-12-21-30(26)35(31)39)38-41-36(27-15-5-2-6-16-27)40-37(42-38)28-17-7-3-8-18-28/h1-29H;3-25H,1-2H3;2-25H,1H3.